The fourth-order valence-electron chi connectivity index (χ4n) is 2.54. The molecule has 3 N–H and O–H groups in total. The number of unbranched alkanes of at least 4 members (excludes halogenated alkanes) is 2. The van der Waals surface area contributed by atoms with Gasteiger partial charge in [-0.3, -0.25) is 14.0 Å². The molecule has 2 aromatic heterocycles. The molecule has 0 aromatic carbocycles. The number of rotatable bonds is 9. The molecule has 0 aliphatic carbocycles. The third kappa shape index (κ3) is 4.79. The molecule has 0 saturated carbocycles. The Hall–Kier alpha value is -2.41. The van der Waals surface area contributed by atoms with Crippen molar-refractivity contribution in [2.75, 3.05) is 19.7 Å². The molecule has 7 heteroatoms. The van der Waals surface area contributed by atoms with E-state index in [-0.39, 0.29) is 18.4 Å². The van der Waals surface area contributed by atoms with Crippen LogP contribution in [0.5, 0.6) is 0 Å². The van der Waals surface area contributed by atoms with Crippen LogP contribution in [0.3, 0.4) is 0 Å². The van der Waals surface area contributed by atoms with Gasteiger partial charge in [-0.2, -0.15) is 0 Å². The zero-order chi connectivity index (χ0) is 17.4. The molecule has 2 aromatic rings. The Labute approximate surface area is 141 Å². The summed E-state index contributed by atoms with van der Waals surface area (Å²) in [4.78, 5) is 28.1. The molecule has 0 fully saturated rings. The average molecular weight is 332 g/mol. The predicted octanol–water partition coefficient (Wildman–Crippen LogP) is 1.04. The number of aryl methyl sites for hydroxylation is 1. The van der Waals surface area contributed by atoms with E-state index in [1.807, 2.05) is 31.3 Å². The van der Waals surface area contributed by atoms with Crippen LogP contribution in [0.4, 0.5) is 0 Å². The normalized spacial score (nSPS) is 10.8. The Kier molecular flexibility index (Phi) is 6.74. The lowest BCUT2D eigenvalue weighted by atomic mass is 10.2. The van der Waals surface area contributed by atoms with Crippen molar-refractivity contribution in [2.45, 2.75) is 32.6 Å². The molecule has 0 saturated heterocycles. The second-order valence-corrected chi connectivity index (χ2v) is 5.61. The lowest BCUT2D eigenvalue weighted by Gasteiger charge is -2.06. The molecule has 0 aliphatic rings. The number of amides is 2. The summed E-state index contributed by atoms with van der Waals surface area (Å²) in [5.74, 6) is -0.179. The molecule has 2 rings (SSSR count). The van der Waals surface area contributed by atoms with Crippen LogP contribution < -0.4 is 10.6 Å². The first kappa shape index (κ1) is 17.9. The van der Waals surface area contributed by atoms with E-state index in [2.05, 4.69) is 15.6 Å². The van der Waals surface area contributed by atoms with Gasteiger partial charge in [0.15, 0.2) is 0 Å². The van der Waals surface area contributed by atoms with Gasteiger partial charge in [-0.05, 0) is 31.9 Å². The molecule has 0 atom stereocenters. The van der Waals surface area contributed by atoms with Crippen LogP contribution in [0.2, 0.25) is 0 Å². The lowest BCUT2D eigenvalue weighted by molar-refractivity contribution is -0.121. The first-order valence-electron chi connectivity index (χ1n) is 8.23. The molecular formula is C17H24N4O3. The van der Waals surface area contributed by atoms with Crippen LogP contribution in [0.25, 0.3) is 5.65 Å². The number of nitrogens with zero attached hydrogens (tertiary/aromatic N) is 2. The number of hydrogen-bond donors (Lipinski definition) is 3. The first-order valence-corrected chi connectivity index (χ1v) is 8.23. The molecular weight excluding hydrogens is 308 g/mol. The topological polar surface area (TPSA) is 95.7 Å². The van der Waals surface area contributed by atoms with Crippen molar-refractivity contribution in [2.24, 2.45) is 0 Å². The van der Waals surface area contributed by atoms with E-state index in [1.165, 1.54) is 0 Å². The summed E-state index contributed by atoms with van der Waals surface area (Å²) in [6.07, 6.45) is 4.71. The second kappa shape index (κ2) is 9.02. The summed E-state index contributed by atoms with van der Waals surface area (Å²) in [7, 11) is 0. The zero-order valence-corrected chi connectivity index (χ0v) is 13.9. The van der Waals surface area contributed by atoms with Gasteiger partial charge < -0.3 is 15.7 Å². The van der Waals surface area contributed by atoms with Gasteiger partial charge >= 0.3 is 0 Å². The van der Waals surface area contributed by atoms with Crippen molar-refractivity contribution >= 4 is 17.5 Å². The highest BCUT2D eigenvalue weighted by Gasteiger charge is 2.15. The standard InChI is InChI=1S/C17H24N4O3/c1-13-16(21-11-6-4-7-14(21)20-13)17(24)19-9-5-2-3-8-15(23)18-10-12-22/h4,6-7,11,22H,2-3,5,8-10,12H2,1H3,(H,18,23)(H,19,24). The van der Waals surface area contributed by atoms with Crippen molar-refractivity contribution in [1.29, 1.82) is 0 Å². The van der Waals surface area contributed by atoms with Crippen LogP contribution in [0.1, 0.15) is 41.9 Å². The highest BCUT2D eigenvalue weighted by molar-refractivity contribution is 5.94. The third-order valence-electron chi connectivity index (χ3n) is 3.72. The number of aliphatic hydroxyl groups is 1. The Bertz CT molecular complexity index is 696. The number of carbonyl (C=O) groups excluding carboxylic acids is 2. The fraction of sp³-hybridized carbons (Fsp3) is 0.471. The summed E-state index contributed by atoms with van der Waals surface area (Å²) >= 11 is 0. The molecule has 24 heavy (non-hydrogen) atoms. The van der Waals surface area contributed by atoms with E-state index < -0.39 is 0 Å². The van der Waals surface area contributed by atoms with Gasteiger partial charge in [-0.15, -0.1) is 0 Å². The van der Waals surface area contributed by atoms with Gasteiger partial charge in [0.05, 0.1) is 12.3 Å². The smallest absolute Gasteiger partial charge is 0.270 e. The van der Waals surface area contributed by atoms with Crippen molar-refractivity contribution < 1.29 is 14.7 Å². The van der Waals surface area contributed by atoms with Crippen molar-refractivity contribution in [3.05, 3.63) is 35.8 Å². The van der Waals surface area contributed by atoms with E-state index in [0.717, 1.165) is 24.9 Å². The van der Waals surface area contributed by atoms with Crippen LogP contribution in [-0.2, 0) is 4.79 Å². The number of carbonyl (C=O) groups is 2. The van der Waals surface area contributed by atoms with Crippen LogP contribution >= 0.6 is 0 Å². The quantitative estimate of drug-likeness (QED) is 0.598. The van der Waals surface area contributed by atoms with Gasteiger partial charge in [0, 0.05) is 25.7 Å². The number of fused-ring (bicyclic) bond motifs is 1. The number of pyridine rings is 1. The minimum Gasteiger partial charge on any atom is -0.395 e. The molecule has 0 aliphatic heterocycles. The van der Waals surface area contributed by atoms with Crippen LogP contribution in [0, 0.1) is 6.92 Å². The fourth-order valence-corrected chi connectivity index (χ4v) is 2.54. The first-order chi connectivity index (χ1) is 11.6. The molecule has 7 nitrogen and oxygen atoms in total. The van der Waals surface area contributed by atoms with Crippen LogP contribution in [-0.4, -0.2) is 46.0 Å². The van der Waals surface area contributed by atoms with Crippen LogP contribution in [0.15, 0.2) is 24.4 Å². The second-order valence-electron chi connectivity index (χ2n) is 5.61. The Morgan fingerprint density at radius 2 is 2.00 bits per heavy atom. The highest BCUT2D eigenvalue weighted by Crippen LogP contribution is 2.11. The molecule has 130 valence electrons. The maximum Gasteiger partial charge on any atom is 0.270 e. The molecule has 2 heterocycles. The largest absolute Gasteiger partial charge is 0.395 e. The van der Waals surface area contributed by atoms with Crippen molar-refractivity contribution in [3.8, 4) is 0 Å². The Morgan fingerprint density at radius 3 is 2.79 bits per heavy atom. The Balaban J connectivity index is 1.72. The number of nitrogens with one attached hydrogen (secondary N) is 2. The number of hydrogen-bond acceptors (Lipinski definition) is 4. The minimum atomic E-state index is -0.133. The zero-order valence-electron chi connectivity index (χ0n) is 13.9. The van der Waals surface area contributed by atoms with E-state index >= 15 is 0 Å². The molecule has 2 amide bonds. The van der Waals surface area contributed by atoms with E-state index in [9.17, 15) is 9.59 Å². The molecule has 0 spiro atoms. The summed E-state index contributed by atoms with van der Waals surface area (Å²) in [5.41, 5.74) is 2.03. The third-order valence-corrected chi connectivity index (χ3v) is 3.72. The minimum absolute atomic E-state index is 0.0412. The molecule has 0 unspecified atom stereocenters. The maximum absolute atomic E-state index is 12.3. The number of imidazole rings is 1. The molecule has 0 bridgehead atoms. The highest BCUT2D eigenvalue weighted by atomic mass is 16.3. The van der Waals surface area contributed by atoms with E-state index in [4.69, 9.17) is 5.11 Å². The maximum atomic E-state index is 12.3. The van der Waals surface area contributed by atoms with Crippen molar-refractivity contribution in [3.63, 3.8) is 0 Å². The van der Waals surface area contributed by atoms with Gasteiger partial charge in [0.1, 0.15) is 11.3 Å². The summed E-state index contributed by atoms with van der Waals surface area (Å²) < 4.78 is 1.79. The monoisotopic (exact) mass is 332 g/mol. The lowest BCUT2D eigenvalue weighted by Crippen LogP contribution is -2.27. The molecule has 0 radical (unpaired) electrons. The number of aliphatic hydroxyl groups excluding tert-OH is 1. The summed E-state index contributed by atoms with van der Waals surface area (Å²) in [5, 5.41) is 14.1. The van der Waals surface area contributed by atoms with E-state index in [1.54, 1.807) is 4.40 Å². The van der Waals surface area contributed by atoms with Gasteiger partial charge in [0.2, 0.25) is 5.91 Å². The predicted molar refractivity (Wildman–Crippen MR) is 90.8 cm³/mol. The Morgan fingerprint density at radius 1 is 1.17 bits per heavy atom. The van der Waals surface area contributed by atoms with Gasteiger partial charge in [-0.25, -0.2) is 4.98 Å². The van der Waals surface area contributed by atoms with Crippen molar-refractivity contribution in [1.82, 2.24) is 20.0 Å². The number of aromatic nitrogens is 2. The van der Waals surface area contributed by atoms with E-state index in [0.29, 0.717) is 30.9 Å². The summed E-state index contributed by atoms with van der Waals surface area (Å²) in [6.45, 7) is 2.65. The van der Waals surface area contributed by atoms with Gasteiger partial charge in [0.25, 0.3) is 5.91 Å². The SMILES string of the molecule is Cc1nc2ccccn2c1C(=O)NCCCCCC(=O)NCCO. The van der Waals surface area contributed by atoms with Gasteiger partial charge in [-0.1, -0.05) is 12.5 Å². The summed E-state index contributed by atoms with van der Waals surface area (Å²) in [6, 6.07) is 5.62. The average Bonchev–Trinajstić information content (AvgIpc) is 2.91.